The maximum atomic E-state index is 6.16. The molecule has 106 valence electrons. The third-order valence-corrected chi connectivity index (χ3v) is 5.77. The van der Waals surface area contributed by atoms with Crippen LogP contribution in [0.3, 0.4) is 0 Å². The molecule has 2 rings (SSSR count). The van der Waals surface area contributed by atoms with E-state index in [9.17, 15) is 0 Å². The summed E-state index contributed by atoms with van der Waals surface area (Å²) in [5.74, 6) is 0. The lowest BCUT2D eigenvalue weighted by molar-refractivity contribution is 0.0132. The van der Waals surface area contributed by atoms with Crippen molar-refractivity contribution in [1.29, 1.82) is 0 Å². The molecule has 0 bridgehead atoms. The van der Waals surface area contributed by atoms with E-state index >= 15 is 0 Å². The molecule has 0 aromatic heterocycles. The van der Waals surface area contributed by atoms with Gasteiger partial charge in [-0.15, -0.1) is 0 Å². The van der Waals surface area contributed by atoms with Crippen molar-refractivity contribution in [3.8, 4) is 0 Å². The smallest absolute Gasteiger partial charge is 0.0331 e. The highest BCUT2D eigenvalue weighted by molar-refractivity contribution is 4.97. The Morgan fingerprint density at radius 3 is 2.06 bits per heavy atom. The van der Waals surface area contributed by atoms with Gasteiger partial charge in [0.1, 0.15) is 0 Å². The Hall–Kier alpha value is -0.0800. The molecule has 0 aromatic rings. The van der Waals surface area contributed by atoms with Gasteiger partial charge < -0.3 is 5.73 Å². The van der Waals surface area contributed by atoms with Crippen molar-refractivity contribution in [2.24, 2.45) is 11.1 Å². The normalized spacial score (nSPS) is 28.5. The summed E-state index contributed by atoms with van der Waals surface area (Å²) < 4.78 is 0. The molecule has 2 N–H and O–H groups in total. The summed E-state index contributed by atoms with van der Waals surface area (Å²) in [6.45, 7) is 5.69. The van der Waals surface area contributed by atoms with Crippen LogP contribution < -0.4 is 5.73 Å². The van der Waals surface area contributed by atoms with Gasteiger partial charge in [-0.25, -0.2) is 0 Å². The fourth-order valence-corrected chi connectivity index (χ4v) is 4.07. The molecule has 2 heteroatoms. The number of likely N-dealkylation sites (N-methyl/N-ethyl adjacent to an activating group) is 1. The molecule has 0 amide bonds. The molecule has 2 nitrogen and oxygen atoms in total. The molecule has 0 aliphatic heterocycles. The predicted octanol–water partition coefficient (Wildman–Crippen LogP) is 3.55. The number of hydrogen-bond donors (Lipinski definition) is 1. The summed E-state index contributed by atoms with van der Waals surface area (Å²) in [5, 5.41) is 0. The zero-order valence-corrected chi connectivity index (χ0v) is 12.7. The van der Waals surface area contributed by atoms with Crippen molar-refractivity contribution in [1.82, 2.24) is 4.90 Å². The van der Waals surface area contributed by atoms with Crippen molar-refractivity contribution < 1.29 is 0 Å². The van der Waals surface area contributed by atoms with E-state index in [4.69, 9.17) is 5.73 Å². The molecule has 2 aliphatic carbocycles. The van der Waals surface area contributed by atoms with Gasteiger partial charge in [0.05, 0.1) is 0 Å². The lowest BCUT2D eigenvalue weighted by Gasteiger charge is -2.50. The molecule has 0 saturated heterocycles. The lowest BCUT2D eigenvalue weighted by atomic mass is 9.73. The highest BCUT2D eigenvalue weighted by Crippen LogP contribution is 2.41. The molecule has 2 saturated carbocycles. The van der Waals surface area contributed by atoms with Gasteiger partial charge in [-0.3, -0.25) is 4.90 Å². The highest BCUT2D eigenvalue weighted by atomic mass is 15.2. The minimum absolute atomic E-state index is 0.324. The molecule has 0 unspecified atom stereocenters. The van der Waals surface area contributed by atoms with Crippen LogP contribution in [-0.2, 0) is 0 Å². The fraction of sp³-hybridized carbons (Fsp3) is 1.00. The van der Waals surface area contributed by atoms with Crippen molar-refractivity contribution in [2.45, 2.75) is 83.2 Å². The van der Waals surface area contributed by atoms with Crippen LogP contribution in [0.4, 0.5) is 0 Å². The molecule has 2 aliphatic rings. The first-order valence-electron chi connectivity index (χ1n) is 7.92. The predicted molar refractivity (Wildman–Crippen MR) is 78.7 cm³/mol. The van der Waals surface area contributed by atoms with Crippen LogP contribution in [0.2, 0.25) is 0 Å². The van der Waals surface area contributed by atoms with Crippen LogP contribution in [-0.4, -0.2) is 30.1 Å². The van der Waals surface area contributed by atoms with Gasteiger partial charge in [0, 0.05) is 18.1 Å². The number of rotatable bonds is 3. The Morgan fingerprint density at radius 1 is 1.00 bits per heavy atom. The third kappa shape index (κ3) is 2.91. The van der Waals surface area contributed by atoms with Crippen molar-refractivity contribution in [3.05, 3.63) is 0 Å². The molecule has 18 heavy (non-hydrogen) atoms. The number of nitrogens with two attached hydrogens (primary N) is 1. The van der Waals surface area contributed by atoms with Gasteiger partial charge in [0.25, 0.3) is 0 Å². The maximum Gasteiger partial charge on any atom is 0.0331 e. The highest BCUT2D eigenvalue weighted by Gasteiger charge is 2.39. The van der Waals surface area contributed by atoms with E-state index in [2.05, 4.69) is 25.8 Å². The van der Waals surface area contributed by atoms with Gasteiger partial charge >= 0.3 is 0 Å². The summed E-state index contributed by atoms with van der Waals surface area (Å²) in [4.78, 5) is 2.68. The molecule has 0 aromatic carbocycles. The summed E-state index contributed by atoms with van der Waals surface area (Å²) in [7, 11) is 2.35. The van der Waals surface area contributed by atoms with Gasteiger partial charge in [-0.05, 0) is 51.0 Å². The van der Waals surface area contributed by atoms with E-state index in [1.54, 1.807) is 0 Å². The van der Waals surface area contributed by atoms with Gasteiger partial charge in [0.15, 0.2) is 0 Å². The molecular weight excluding hydrogens is 220 g/mol. The Kier molecular flexibility index (Phi) is 4.38. The third-order valence-electron chi connectivity index (χ3n) is 5.77. The monoisotopic (exact) mass is 252 g/mol. The minimum atomic E-state index is 0.324. The standard InChI is InChI=1S/C16H32N2/c1-15(2)11-7-14(8-12-15)18(3)16(13-17)9-5-4-6-10-16/h14H,4-13,17H2,1-3H3. The first-order chi connectivity index (χ1) is 8.49. The lowest BCUT2D eigenvalue weighted by Crippen LogP contribution is -2.57. The Bertz CT molecular complexity index is 256. The van der Waals surface area contributed by atoms with Gasteiger partial charge in [-0.1, -0.05) is 33.1 Å². The van der Waals surface area contributed by atoms with Gasteiger partial charge in [-0.2, -0.15) is 0 Å². The quantitative estimate of drug-likeness (QED) is 0.832. The molecule has 0 spiro atoms. The Labute approximate surface area is 113 Å². The van der Waals surface area contributed by atoms with E-state index < -0.39 is 0 Å². The average Bonchev–Trinajstić information content (AvgIpc) is 2.39. The Balaban J connectivity index is 1.99. The van der Waals surface area contributed by atoms with Crippen LogP contribution in [0.1, 0.15) is 71.6 Å². The maximum absolute atomic E-state index is 6.16. The van der Waals surface area contributed by atoms with Crippen LogP contribution in [0.5, 0.6) is 0 Å². The van der Waals surface area contributed by atoms with E-state index in [1.165, 1.54) is 57.8 Å². The molecule has 2 fully saturated rings. The summed E-state index contributed by atoms with van der Waals surface area (Å²) >= 11 is 0. The second kappa shape index (κ2) is 5.50. The topological polar surface area (TPSA) is 29.3 Å². The van der Waals surface area contributed by atoms with E-state index in [0.717, 1.165) is 12.6 Å². The minimum Gasteiger partial charge on any atom is -0.329 e. The van der Waals surface area contributed by atoms with Crippen molar-refractivity contribution in [2.75, 3.05) is 13.6 Å². The van der Waals surface area contributed by atoms with Crippen molar-refractivity contribution >= 4 is 0 Å². The number of nitrogens with zero attached hydrogens (tertiary/aromatic N) is 1. The van der Waals surface area contributed by atoms with Crippen LogP contribution in [0.25, 0.3) is 0 Å². The van der Waals surface area contributed by atoms with Crippen LogP contribution in [0, 0.1) is 5.41 Å². The average molecular weight is 252 g/mol. The zero-order valence-electron chi connectivity index (χ0n) is 12.7. The summed E-state index contributed by atoms with van der Waals surface area (Å²) in [6.07, 6.45) is 12.3. The Morgan fingerprint density at radius 2 is 1.56 bits per heavy atom. The second-order valence-electron chi connectivity index (χ2n) is 7.50. The summed E-state index contributed by atoms with van der Waals surface area (Å²) in [6, 6.07) is 0.777. The summed E-state index contributed by atoms with van der Waals surface area (Å²) in [5.41, 5.74) is 7.05. The second-order valence-corrected chi connectivity index (χ2v) is 7.50. The molecule has 0 radical (unpaired) electrons. The molecule has 0 atom stereocenters. The van der Waals surface area contributed by atoms with E-state index in [0.29, 0.717) is 11.0 Å². The van der Waals surface area contributed by atoms with Crippen LogP contribution >= 0.6 is 0 Å². The fourth-order valence-electron chi connectivity index (χ4n) is 4.07. The van der Waals surface area contributed by atoms with E-state index in [-0.39, 0.29) is 0 Å². The first kappa shape index (κ1) is 14.3. The molecular formula is C16H32N2. The SMILES string of the molecule is CN(C1CCC(C)(C)CC1)C1(CN)CCCCC1. The van der Waals surface area contributed by atoms with E-state index in [1.807, 2.05) is 0 Å². The number of hydrogen-bond acceptors (Lipinski definition) is 2. The first-order valence-corrected chi connectivity index (χ1v) is 7.92. The van der Waals surface area contributed by atoms with Gasteiger partial charge in [0.2, 0.25) is 0 Å². The largest absolute Gasteiger partial charge is 0.329 e. The zero-order chi connectivity index (χ0) is 13.2. The van der Waals surface area contributed by atoms with Crippen molar-refractivity contribution in [3.63, 3.8) is 0 Å². The molecule has 0 heterocycles. The van der Waals surface area contributed by atoms with Crippen LogP contribution in [0.15, 0.2) is 0 Å².